The zero-order chi connectivity index (χ0) is 21.4. The Hall–Kier alpha value is -2.34. The van der Waals surface area contributed by atoms with Gasteiger partial charge in [0.25, 0.3) is 0 Å². The number of halogens is 4. The van der Waals surface area contributed by atoms with E-state index in [-0.39, 0.29) is 12.5 Å². The standard InChI is InChI=1S/C20H27F4N5/c1-3-26-19(27-11-17-9-15(10-25)5-6-18(17)21)29-8-7-16(13-29)12-28(4-2)14-20(22,23)24/h5-6,9,16H,3-4,7-8,11-14H2,1-2H3,(H,26,27). The third-order valence-corrected chi connectivity index (χ3v) is 4.86. The monoisotopic (exact) mass is 413 g/mol. The van der Waals surface area contributed by atoms with Crippen molar-refractivity contribution in [3.63, 3.8) is 0 Å². The molecular formula is C20H27F4N5. The Kier molecular flexibility index (Phi) is 8.26. The maximum Gasteiger partial charge on any atom is 0.401 e. The van der Waals surface area contributed by atoms with Crippen LogP contribution in [-0.2, 0) is 6.54 Å². The number of alkyl halides is 3. The Labute approximate surface area is 169 Å². The highest BCUT2D eigenvalue weighted by Gasteiger charge is 2.33. The van der Waals surface area contributed by atoms with Gasteiger partial charge in [-0.05, 0) is 44.0 Å². The molecule has 0 radical (unpaired) electrons. The van der Waals surface area contributed by atoms with Gasteiger partial charge in [-0.15, -0.1) is 0 Å². The third kappa shape index (κ3) is 7.20. The molecule has 2 rings (SSSR count). The summed E-state index contributed by atoms with van der Waals surface area (Å²) >= 11 is 0. The molecule has 0 amide bonds. The first kappa shape index (κ1) is 22.9. The number of nitriles is 1. The Morgan fingerprint density at radius 3 is 2.76 bits per heavy atom. The number of nitrogens with zero attached hydrogens (tertiary/aromatic N) is 4. The summed E-state index contributed by atoms with van der Waals surface area (Å²) in [6, 6.07) is 6.13. The maximum atomic E-state index is 14.0. The molecule has 1 unspecified atom stereocenters. The quantitative estimate of drug-likeness (QED) is 0.423. The minimum Gasteiger partial charge on any atom is -0.357 e. The van der Waals surface area contributed by atoms with Crippen LogP contribution in [0.25, 0.3) is 0 Å². The zero-order valence-electron chi connectivity index (χ0n) is 16.8. The van der Waals surface area contributed by atoms with Gasteiger partial charge < -0.3 is 10.2 Å². The highest BCUT2D eigenvalue weighted by Crippen LogP contribution is 2.21. The minimum absolute atomic E-state index is 0.0833. The molecule has 160 valence electrons. The number of hydrogen-bond donors (Lipinski definition) is 1. The van der Waals surface area contributed by atoms with E-state index >= 15 is 0 Å². The zero-order valence-corrected chi connectivity index (χ0v) is 16.8. The molecule has 0 aliphatic carbocycles. The molecule has 1 N–H and O–H groups in total. The highest BCUT2D eigenvalue weighted by atomic mass is 19.4. The second-order valence-corrected chi connectivity index (χ2v) is 7.13. The first-order valence-corrected chi connectivity index (χ1v) is 9.76. The van der Waals surface area contributed by atoms with E-state index in [4.69, 9.17) is 5.26 Å². The Morgan fingerprint density at radius 1 is 1.38 bits per heavy atom. The van der Waals surface area contributed by atoms with E-state index in [0.29, 0.717) is 49.8 Å². The fraction of sp³-hybridized carbons (Fsp3) is 0.600. The van der Waals surface area contributed by atoms with Gasteiger partial charge in [0.1, 0.15) is 5.82 Å². The molecule has 1 aliphatic heterocycles. The summed E-state index contributed by atoms with van der Waals surface area (Å²) in [5.74, 6) is 0.295. The molecule has 29 heavy (non-hydrogen) atoms. The van der Waals surface area contributed by atoms with Crippen molar-refractivity contribution < 1.29 is 17.6 Å². The molecule has 1 aliphatic rings. The molecular weight excluding hydrogens is 386 g/mol. The van der Waals surface area contributed by atoms with Gasteiger partial charge in [-0.25, -0.2) is 9.38 Å². The summed E-state index contributed by atoms with van der Waals surface area (Å²) in [4.78, 5) is 7.90. The summed E-state index contributed by atoms with van der Waals surface area (Å²) in [7, 11) is 0. The molecule has 1 heterocycles. The first-order valence-electron chi connectivity index (χ1n) is 9.76. The molecule has 5 nitrogen and oxygen atoms in total. The van der Waals surface area contributed by atoms with Crippen molar-refractivity contribution in [2.75, 3.05) is 39.3 Å². The van der Waals surface area contributed by atoms with Crippen LogP contribution in [0.1, 0.15) is 31.4 Å². The molecule has 0 bridgehead atoms. The van der Waals surface area contributed by atoms with Gasteiger partial charge in [-0.3, -0.25) is 4.90 Å². The molecule has 1 aromatic rings. The van der Waals surface area contributed by atoms with Crippen LogP contribution in [0.15, 0.2) is 23.2 Å². The molecule has 9 heteroatoms. The summed E-state index contributed by atoms with van der Waals surface area (Å²) in [5.41, 5.74) is 0.699. The van der Waals surface area contributed by atoms with Crippen molar-refractivity contribution in [3.8, 4) is 6.07 Å². The second kappa shape index (κ2) is 10.4. The lowest BCUT2D eigenvalue weighted by Gasteiger charge is -2.26. The molecule has 1 saturated heterocycles. The average Bonchev–Trinajstić information content (AvgIpc) is 3.13. The number of nitrogens with one attached hydrogen (secondary N) is 1. The number of rotatable bonds is 7. The Balaban J connectivity index is 2.02. The van der Waals surface area contributed by atoms with Crippen LogP contribution in [0.3, 0.4) is 0 Å². The van der Waals surface area contributed by atoms with Gasteiger partial charge in [-0.1, -0.05) is 6.92 Å². The van der Waals surface area contributed by atoms with Crippen LogP contribution in [-0.4, -0.2) is 61.2 Å². The van der Waals surface area contributed by atoms with Crippen molar-refractivity contribution in [2.45, 2.75) is 33.0 Å². The van der Waals surface area contributed by atoms with Crippen LogP contribution in [0.2, 0.25) is 0 Å². The largest absolute Gasteiger partial charge is 0.401 e. The summed E-state index contributed by atoms with van der Waals surface area (Å²) in [5, 5.41) is 12.1. The lowest BCUT2D eigenvalue weighted by Crippen LogP contribution is -2.41. The van der Waals surface area contributed by atoms with E-state index in [1.807, 2.05) is 17.9 Å². The number of hydrogen-bond acceptors (Lipinski definition) is 3. The average molecular weight is 413 g/mol. The molecule has 0 aromatic heterocycles. The van der Waals surface area contributed by atoms with Crippen molar-refractivity contribution >= 4 is 5.96 Å². The van der Waals surface area contributed by atoms with Crippen LogP contribution in [0, 0.1) is 23.1 Å². The van der Waals surface area contributed by atoms with E-state index in [1.165, 1.54) is 23.1 Å². The maximum absolute atomic E-state index is 14.0. The summed E-state index contributed by atoms with van der Waals surface area (Å²) in [6.07, 6.45) is -3.43. The van der Waals surface area contributed by atoms with Gasteiger partial charge in [0.15, 0.2) is 5.96 Å². The molecule has 0 saturated carbocycles. The molecule has 1 aromatic carbocycles. The predicted molar refractivity (Wildman–Crippen MR) is 104 cm³/mol. The molecule has 1 atom stereocenters. The smallest absolute Gasteiger partial charge is 0.357 e. The third-order valence-electron chi connectivity index (χ3n) is 4.86. The topological polar surface area (TPSA) is 54.7 Å². The van der Waals surface area contributed by atoms with Crippen LogP contribution >= 0.6 is 0 Å². The Morgan fingerprint density at radius 2 is 2.14 bits per heavy atom. The van der Waals surface area contributed by atoms with E-state index in [2.05, 4.69) is 10.3 Å². The number of benzene rings is 1. The highest BCUT2D eigenvalue weighted by molar-refractivity contribution is 5.80. The van der Waals surface area contributed by atoms with E-state index in [0.717, 1.165) is 6.42 Å². The minimum atomic E-state index is -4.20. The lowest BCUT2D eigenvalue weighted by molar-refractivity contribution is -0.146. The van der Waals surface area contributed by atoms with Gasteiger partial charge >= 0.3 is 6.18 Å². The van der Waals surface area contributed by atoms with E-state index in [1.54, 1.807) is 6.92 Å². The van der Waals surface area contributed by atoms with E-state index < -0.39 is 18.5 Å². The van der Waals surface area contributed by atoms with Crippen LogP contribution in [0.5, 0.6) is 0 Å². The number of aliphatic imine (C=N–C) groups is 1. The fourth-order valence-corrected chi connectivity index (χ4v) is 3.45. The fourth-order valence-electron chi connectivity index (χ4n) is 3.45. The Bertz CT molecular complexity index is 741. The normalized spacial score (nSPS) is 17.7. The van der Waals surface area contributed by atoms with Crippen LogP contribution in [0.4, 0.5) is 17.6 Å². The SMILES string of the molecule is CCNC(=NCc1cc(C#N)ccc1F)N1CCC(CN(CC)CC(F)(F)F)C1. The van der Waals surface area contributed by atoms with Crippen molar-refractivity contribution in [2.24, 2.45) is 10.9 Å². The lowest BCUT2D eigenvalue weighted by atomic mass is 10.1. The van der Waals surface area contributed by atoms with Crippen molar-refractivity contribution in [1.82, 2.24) is 15.1 Å². The van der Waals surface area contributed by atoms with Gasteiger partial charge in [-0.2, -0.15) is 18.4 Å². The van der Waals surface area contributed by atoms with Gasteiger partial charge in [0, 0.05) is 31.7 Å². The summed E-state index contributed by atoms with van der Waals surface area (Å²) < 4.78 is 52.1. The predicted octanol–water partition coefficient (Wildman–Crippen LogP) is 3.37. The first-order chi connectivity index (χ1) is 13.8. The second-order valence-electron chi connectivity index (χ2n) is 7.13. The molecule has 1 fully saturated rings. The van der Waals surface area contributed by atoms with Gasteiger partial charge in [0.2, 0.25) is 0 Å². The van der Waals surface area contributed by atoms with Crippen molar-refractivity contribution in [1.29, 1.82) is 5.26 Å². The van der Waals surface area contributed by atoms with Crippen molar-refractivity contribution in [3.05, 3.63) is 35.1 Å². The molecule has 0 spiro atoms. The van der Waals surface area contributed by atoms with Gasteiger partial charge in [0.05, 0.1) is 24.7 Å². The number of guanidine groups is 1. The summed E-state index contributed by atoms with van der Waals surface area (Å²) in [6.45, 7) is 5.46. The van der Waals surface area contributed by atoms with E-state index in [9.17, 15) is 17.6 Å². The number of likely N-dealkylation sites (tertiary alicyclic amines) is 1. The van der Waals surface area contributed by atoms with Crippen LogP contribution < -0.4 is 5.32 Å².